The van der Waals surface area contributed by atoms with E-state index in [4.69, 9.17) is 11.6 Å². The first-order chi connectivity index (χ1) is 10.3. The quantitative estimate of drug-likeness (QED) is 0.346. The first kappa shape index (κ1) is 14.8. The molecule has 2 aromatic heterocycles. The zero-order valence-electron chi connectivity index (χ0n) is 11.5. The fourth-order valence-corrected chi connectivity index (χ4v) is 3.17. The lowest BCUT2D eigenvalue weighted by atomic mass is 10.3. The van der Waals surface area contributed by atoms with E-state index < -0.39 is 0 Å². The van der Waals surface area contributed by atoms with Crippen LogP contribution in [0.1, 0.15) is 18.7 Å². The van der Waals surface area contributed by atoms with Crippen LogP contribution < -0.4 is 0 Å². The standard InChI is InChI=1S/C15H16ClIN4/c16-10-15-19-13-9-12(17)3-4-14(13)21(15)7-2-1-6-20-8-5-18-11-20/h3-5,8-9,11H,1-2,6-7,10H2. The van der Waals surface area contributed by atoms with Crippen LogP contribution in [-0.4, -0.2) is 19.1 Å². The molecule has 0 aliphatic carbocycles. The zero-order chi connectivity index (χ0) is 14.7. The van der Waals surface area contributed by atoms with E-state index in [0.717, 1.165) is 37.3 Å². The predicted octanol–water partition coefficient (Wildman–Crippen LogP) is 4.06. The van der Waals surface area contributed by atoms with Crippen LogP contribution in [-0.2, 0) is 19.0 Å². The molecule has 3 aromatic rings. The van der Waals surface area contributed by atoms with Crippen LogP contribution in [0.15, 0.2) is 36.9 Å². The topological polar surface area (TPSA) is 35.6 Å². The first-order valence-electron chi connectivity index (χ1n) is 6.94. The molecule has 0 saturated heterocycles. The molecular formula is C15H16ClIN4. The molecule has 0 spiro atoms. The van der Waals surface area contributed by atoms with Crippen LogP contribution in [0.4, 0.5) is 0 Å². The maximum Gasteiger partial charge on any atom is 0.124 e. The van der Waals surface area contributed by atoms with Crippen molar-refractivity contribution in [3.63, 3.8) is 0 Å². The molecule has 3 rings (SSSR count). The van der Waals surface area contributed by atoms with E-state index in [-0.39, 0.29) is 0 Å². The number of aryl methyl sites for hydroxylation is 2. The van der Waals surface area contributed by atoms with Gasteiger partial charge in [0.05, 0.1) is 23.2 Å². The highest BCUT2D eigenvalue weighted by Crippen LogP contribution is 2.20. The van der Waals surface area contributed by atoms with E-state index in [0.29, 0.717) is 5.88 Å². The normalized spacial score (nSPS) is 11.3. The van der Waals surface area contributed by atoms with Crippen LogP contribution >= 0.6 is 34.2 Å². The van der Waals surface area contributed by atoms with Crippen molar-refractivity contribution < 1.29 is 0 Å². The van der Waals surface area contributed by atoms with E-state index in [1.54, 1.807) is 0 Å². The number of halogens is 2. The Hall–Kier alpha value is -1.08. The number of hydrogen-bond donors (Lipinski definition) is 0. The Kier molecular flexibility index (Phi) is 4.80. The van der Waals surface area contributed by atoms with Crippen molar-refractivity contribution in [1.29, 1.82) is 0 Å². The molecule has 4 nitrogen and oxygen atoms in total. The van der Waals surface area contributed by atoms with Gasteiger partial charge in [-0.25, -0.2) is 9.97 Å². The van der Waals surface area contributed by atoms with Crippen molar-refractivity contribution in [2.75, 3.05) is 0 Å². The Morgan fingerprint density at radius 1 is 1.19 bits per heavy atom. The molecule has 0 fully saturated rings. The van der Waals surface area contributed by atoms with Crippen molar-refractivity contribution in [1.82, 2.24) is 19.1 Å². The number of rotatable bonds is 6. The lowest BCUT2D eigenvalue weighted by Gasteiger charge is -2.08. The molecule has 110 valence electrons. The summed E-state index contributed by atoms with van der Waals surface area (Å²) < 4.78 is 5.55. The van der Waals surface area contributed by atoms with Gasteiger partial charge < -0.3 is 9.13 Å². The number of hydrogen-bond acceptors (Lipinski definition) is 2. The average molecular weight is 415 g/mol. The summed E-state index contributed by atoms with van der Waals surface area (Å²) in [5.41, 5.74) is 2.21. The van der Waals surface area contributed by atoms with Gasteiger partial charge in [0.1, 0.15) is 5.82 Å². The number of fused-ring (bicyclic) bond motifs is 1. The molecule has 0 aliphatic heterocycles. The monoisotopic (exact) mass is 414 g/mol. The Morgan fingerprint density at radius 2 is 2.05 bits per heavy atom. The third-order valence-electron chi connectivity index (χ3n) is 3.52. The Labute approximate surface area is 142 Å². The summed E-state index contributed by atoms with van der Waals surface area (Å²) in [7, 11) is 0. The fourth-order valence-electron chi connectivity index (χ4n) is 2.49. The van der Waals surface area contributed by atoms with Crippen LogP contribution in [0.2, 0.25) is 0 Å². The Morgan fingerprint density at radius 3 is 2.81 bits per heavy atom. The molecule has 0 aliphatic rings. The lowest BCUT2D eigenvalue weighted by molar-refractivity contribution is 0.552. The molecule has 0 amide bonds. The lowest BCUT2D eigenvalue weighted by Crippen LogP contribution is -2.04. The maximum atomic E-state index is 6.04. The first-order valence-corrected chi connectivity index (χ1v) is 8.55. The number of imidazole rings is 2. The summed E-state index contributed by atoms with van der Waals surface area (Å²) >= 11 is 8.35. The smallest absolute Gasteiger partial charge is 0.124 e. The van der Waals surface area contributed by atoms with E-state index in [1.165, 1.54) is 9.09 Å². The number of nitrogens with zero attached hydrogens (tertiary/aromatic N) is 4. The van der Waals surface area contributed by atoms with Crippen LogP contribution in [0.25, 0.3) is 11.0 Å². The van der Waals surface area contributed by atoms with Gasteiger partial charge in [0, 0.05) is 29.1 Å². The van der Waals surface area contributed by atoms with Crippen LogP contribution in [0, 0.1) is 3.57 Å². The minimum Gasteiger partial charge on any atom is -0.337 e. The second kappa shape index (κ2) is 6.79. The summed E-state index contributed by atoms with van der Waals surface area (Å²) in [6.45, 7) is 1.95. The second-order valence-corrected chi connectivity index (χ2v) is 6.47. The van der Waals surface area contributed by atoms with Gasteiger partial charge in [0.2, 0.25) is 0 Å². The van der Waals surface area contributed by atoms with Gasteiger partial charge in [-0.2, -0.15) is 0 Å². The van der Waals surface area contributed by atoms with Gasteiger partial charge in [-0.15, -0.1) is 11.6 Å². The second-order valence-electron chi connectivity index (χ2n) is 4.95. The van der Waals surface area contributed by atoms with Crippen molar-refractivity contribution in [3.8, 4) is 0 Å². The van der Waals surface area contributed by atoms with Gasteiger partial charge in [0.25, 0.3) is 0 Å². The third-order valence-corrected chi connectivity index (χ3v) is 4.43. The summed E-state index contributed by atoms with van der Waals surface area (Å²) in [5.74, 6) is 1.41. The van der Waals surface area contributed by atoms with Gasteiger partial charge >= 0.3 is 0 Å². The predicted molar refractivity (Wildman–Crippen MR) is 93.5 cm³/mol. The molecule has 0 saturated carbocycles. The highest BCUT2D eigenvalue weighted by Gasteiger charge is 2.09. The summed E-state index contributed by atoms with van der Waals surface area (Å²) in [6.07, 6.45) is 7.88. The van der Waals surface area contributed by atoms with Gasteiger partial charge in [-0.1, -0.05) is 0 Å². The summed E-state index contributed by atoms with van der Waals surface area (Å²) in [4.78, 5) is 8.69. The Balaban J connectivity index is 1.70. The van der Waals surface area contributed by atoms with Crippen molar-refractivity contribution in [2.24, 2.45) is 0 Å². The zero-order valence-corrected chi connectivity index (χ0v) is 14.5. The largest absolute Gasteiger partial charge is 0.337 e. The molecule has 2 heterocycles. The molecule has 0 unspecified atom stereocenters. The minimum absolute atomic E-state index is 0.451. The number of unbranched alkanes of at least 4 members (excludes halogenated alkanes) is 1. The molecule has 0 atom stereocenters. The number of aromatic nitrogens is 4. The molecule has 0 bridgehead atoms. The minimum atomic E-state index is 0.451. The van der Waals surface area contributed by atoms with Crippen molar-refractivity contribution in [2.45, 2.75) is 31.8 Å². The van der Waals surface area contributed by atoms with E-state index in [1.807, 2.05) is 18.7 Å². The molecule has 1 aromatic carbocycles. The number of alkyl halides is 1. The van der Waals surface area contributed by atoms with Crippen molar-refractivity contribution in [3.05, 3.63) is 46.3 Å². The Bertz CT molecular complexity index is 721. The molecule has 0 N–H and O–H groups in total. The fraction of sp³-hybridized carbons (Fsp3) is 0.333. The molecule has 6 heteroatoms. The van der Waals surface area contributed by atoms with Crippen LogP contribution in [0.3, 0.4) is 0 Å². The molecular weight excluding hydrogens is 399 g/mol. The molecule has 0 radical (unpaired) electrons. The van der Waals surface area contributed by atoms with Gasteiger partial charge in [0.15, 0.2) is 0 Å². The number of benzene rings is 1. The van der Waals surface area contributed by atoms with Gasteiger partial charge in [-0.05, 0) is 53.6 Å². The van der Waals surface area contributed by atoms with E-state index in [2.05, 4.69) is 59.9 Å². The maximum absolute atomic E-state index is 6.04. The van der Waals surface area contributed by atoms with Crippen molar-refractivity contribution >= 4 is 45.2 Å². The highest BCUT2D eigenvalue weighted by atomic mass is 127. The average Bonchev–Trinajstić information content (AvgIpc) is 3.10. The summed E-state index contributed by atoms with van der Waals surface area (Å²) in [5, 5.41) is 0. The van der Waals surface area contributed by atoms with E-state index >= 15 is 0 Å². The SMILES string of the molecule is ClCc1nc2cc(I)ccc2n1CCCCn1ccnc1. The van der Waals surface area contributed by atoms with Gasteiger partial charge in [-0.3, -0.25) is 0 Å². The van der Waals surface area contributed by atoms with E-state index in [9.17, 15) is 0 Å². The summed E-state index contributed by atoms with van der Waals surface area (Å²) in [6, 6.07) is 6.36. The third kappa shape index (κ3) is 3.40. The molecule has 21 heavy (non-hydrogen) atoms. The van der Waals surface area contributed by atoms with Crippen LogP contribution in [0.5, 0.6) is 0 Å². The highest BCUT2D eigenvalue weighted by molar-refractivity contribution is 14.1.